The van der Waals surface area contributed by atoms with Crippen LogP contribution in [0.5, 0.6) is 11.5 Å². The fourth-order valence-corrected chi connectivity index (χ4v) is 15.0. The van der Waals surface area contributed by atoms with Crippen LogP contribution < -0.4 is 30.1 Å². The third-order valence-electron chi connectivity index (χ3n) is 14.9. The zero-order valence-corrected chi connectivity index (χ0v) is 49.2. The maximum Gasteiger partial charge on any atom is 0.268 e. The van der Waals surface area contributed by atoms with Crippen molar-refractivity contribution in [1.82, 2.24) is 14.1 Å². The molecule has 0 aliphatic rings. The Morgan fingerprint density at radius 2 is 1.18 bits per heavy atom. The summed E-state index contributed by atoms with van der Waals surface area (Å²) in [4.78, 5) is 4.83. The number of benzene rings is 10. The van der Waals surface area contributed by atoms with Gasteiger partial charge < -0.3 is 13.9 Å². The van der Waals surface area contributed by atoms with Gasteiger partial charge in [-0.25, -0.2) is 4.98 Å². The second kappa shape index (κ2) is 21.9. The van der Waals surface area contributed by atoms with E-state index in [2.05, 4.69) is 39.2 Å². The average Bonchev–Trinajstić information content (AvgIpc) is 1.17. The number of nitrogens with zero attached hydrogens (tertiary/aromatic N) is 4. The third-order valence-corrected chi connectivity index (χ3v) is 19.2. The van der Waals surface area contributed by atoms with Crippen molar-refractivity contribution in [1.29, 1.82) is 0 Å². The van der Waals surface area contributed by atoms with Gasteiger partial charge in [-0.2, -0.15) is 18.2 Å². The molecule has 3 heterocycles. The number of aryl methyl sites for hydroxylation is 2. The van der Waals surface area contributed by atoms with Gasteiger partial charge in [0, 0.05) is 52.5 Å². The first-order valence-electron chi connectivity index (χ1n) is 37.1. The monoisotopic (exact) mass is 1290 g/mol. The Bertz CT molecular complexity index is 5430. The molecule has 0 unspecified atom stereocenters. The first-order valence-corrected chi connectivity index (χ1v) is 28.6. The maximum absolute atomic E-state index is 10.1. The van der Waals surface area contributed by atoms with Gasteiger partial charge in [0.25, 0.3) is 6.33 Å². The minimum atomic E-state index is -5.97. The van der Waals surface area contributed by atoms with Crippen LogP contribution in [0.4, 0.5) is 0 Å². The summed E-state index contributed by atoms with van der Waals surface area (Å²) in [5.74, 6) is 1.05. The average molecular weight is 1290 g/mol. The van der Waals surface area contributed by atoms with E-state index in [1.165, 1.54) is 45.5 Å². The molecule has 10 aromatic carbocycles. The van der Waals surface area contributed by atoms with Gasteiger partial charge >= 0.3 is 0 Å². The van der Waals surface area contributed by atoms with E-state index in [9.17, 15) is 16.4 Å². The van der Waals surface area contributed by atoms with E-state index in [4.69, 9.17) is 22.1 Å². The van der Waals surface area contributed by atoms with Gasteiger partial charge in [0.15, 0.2) is 8.07 Å². The number of aromatic nitrogens is 4. The van der Waals surface area contributed by atoms with Crippen molar-refractivity contribution in [3.05, 3.63) is 283 Å². The number of rotatable bonds is 11. The molecule has 3 aromatic heterocycles. The normalized spacial score (nSPS) is 15.9. The van der Waals surface area contributed by atoms with Gasteiger partial charge in [0.2, 0.25) is 0 Å². The molecule has 0 saturated carbocycles. The van der Waals surface area contributed by atoms with Crippen molar-refractivity contribution < 1.29 is 59.2 Å². The Labute approximate surface area is 533 Å². The second-order valence-corrected chi connectivity index (χ2v) is 25.6. The van der Waals surface area contributed by atoms with Crippen LogP contribution >= 0.6 is 0 Å². The van der Waals surface area contributed by atoms with Crippen molar-refractivity contribution in [2.24, 2.45) is 0 Å². The summed E-state index contributed by atoms with van der Waals surface area (Å²) in [5, 5.41) is -0.621. The summed E-state index contributed by atoms with van der Waals surface area (Å²) in [5.41, 5.74) is 3.08. The smallest absolute Gasteiger partial charge is 0.268 e. The van der Waals surface area contributed by atoms with E-state index in [1.807, 2.05) is 79.9 Å². The van der Waals surface area contributed by atoms with Crippen LogP contribution in [0.1, 0.15) is 92.6 Å². The molecule has 0 N–H and O–H groups in total. The number of para-hydroxylation sites is 2. The molecule has 0 radical (unpaired) electrons. The summed E-state index contributed by atoms with van der Waals surface area (Å²) < 4.78 is 208. The fraction of sp³-hybridized carbons (Fsp3) is 0.132. The maximum atomic E-state index is 10.1. The SMILES string of the molecule is [2H]c1c([2H])c([2H])c([Si](c2cccc(-c3cccc(C(C)(C)C)c3)c2-[n+]2[c-]n(-c3[c-]c(Oc4[c-]c5c(cc4)c4ccccc4n5-c4cc(C(C)(C)C)ccn4)ccc3)c3cc(-c4c(C([2H])([2H])[2H])cccc4C([2H])([2H])[2H])ccc32)(c2c([2H])c([2H])c([2H])c([2H])c2[2H])c2c([2H])c([2H])c([2H])c([2H])c2[2H])c([2H])c1[2H].[Pt]. The number of ether oxygens (including phenoxy) is 1. The predicted octanol–water partition coefficient (Wildman–Crippen LogP) is 15.5. The molecule has 0 amide bonds. The Hall–Kier alpha value is -8.67. The van der Waals surface area contributed by atoms with Crippen molar-refractivity contribution in [3.63, 3.8) is 0 Å². The number of fused-ring (bicyclic) bond motifs is 4. The molecule has 0 aliphatic carbocycles. The van der Waals surface area contributed by atoms with E-state index in [0.29, 0.717) is 16.9 Å². The number of pyridine rings is 1. The van der Waals surface area contributed by atoms with Gasteiger partial charge in [0.1, 0.15) is 5.82 Å². The molecule has 13 rings (SSSR count). The van der Waals surface area contributed by atoms with Crippen LogP contribution in [0.2, 0.25) is 0 Å². The first-order chi connectivity index (χ1) is 48.4. The predicted molar refractivity (Wildman–Crippen MR) is 341 cm³/mol. The van der Waals surface area contributed by atoms with Gasteiger partial charge in [-0.05, 0) is 125 Å². The van der Waals surface area contributed by atoms with Crippen LogP contribution in [0.15, 0.2) is 242 Å². The van der Waals surface area contributed by atoms with Gasteiger partial charge in [0.05, 0.1) is 37.3 Å². The van der Waals surface area contributed by atoms with E-state index in [1.54, 1.807) is 60.8 Å². The molecule has 0 aliphatic heterocycles. The van der Waals surface area contributed by atoms with E-state index < -0.39 is 133 Å². The van der Waals surface area contributed by atoms with Crippen molar-refractivity contribution in [2.75, 3.05) is 0 Å². The standard InChI is InChI=1S/C76H64N4OSi.Pt/c1-52-24-20-25-53(2)73(52)55-40-43-68-70(47-55)78(58-28-22-29-59(49-58)81-60-41-42-66-65-36-18-19-38-67(65)80(69(66)50-60)72-48-57(44-45-77-72)76(6,7)8)51-79(68)74-64(54-26-21-27-56(46-54)75(3,4)5)37-23-39-71(74)82(61-30-12-9-13-31-61,62-32-14-10-15-33-62)63-34-16-11-17-35-63;/h9-48H,1-8H3;/q-2;/i1D3,2D3,9D,10D,11D,12D,13D,14D,15D,16D,17D,30D,31D,32D,33D,34D,35D;. The molecule has 0 spiro atoms. The molecule has 410 valence electrons. The number of hydrogen-bond donors (Lipinski definition) is 0. The second-order valence-electron chi connectivity index (χ2n) is 22.1. The molecule has 5 nitrogen and oxygen atoms in total. The molecule has 83 heavy (non-hydrogen) atoms. The molecule has 0 bridgehead atoms. The van der Waals surface area contributed by atoms with Crippen LogP contribution in [0, 0.1) is 32.2 Å². The number of imidazole rings is 1. The largest absolute Gasteiger partial charge is 0.510 e. The Morgan fingerprint density at radius 3 is 1.86 bits per heavy atom. The van der Waals surface area contributed by atoms with Gasteiger partial charge in [-0.15, -0.1) is 29.7 Å². The topological polar surface area (TPSA) is 35.9 Å². The summed E-state index contributed by atoms with van der Waals surface area (Å²) in [6, 6.07) is 33.8. The summed E-state index contributed by atoms with van der Waals surface area (Å²) in [7, 11) is -5.97. The van der Waals surface area contributed by atoms with Crippen LogP contribution in [-0.4, -0.2) is 22.2 Å². The number of hydrogen-bond acceptors (Lipinski definition) is 2. The summed E-state index contributed by atoms with van der Waals surface area (Å²) >= 11 is 0. The van der Waals surface area contributed by atoms with E-state index in [0.717, 1.165) is 27.4 Å². The van der Waals surface area contributed by atoms with Crippen molar-refractivity contribution in [3.8, 4) is 50.9 Å². The minimum Gasteiger partial charge on any atom is -0.510 e. The van der Waals surface area contributed by atoms with Crippen molar-refractivity contribution >= 4 is 61.7 Å². The quantitative estimate of drug-likeness (QED) is 0.0560. The zero-order chi connectivity index (χ0) is 74.4. The molecule has 0 saturated heterocycles. The van der Waals surface area contributed by atoms with E-state index >= 15 is 0 Å². The molecular formula is C76H64N4OPtSi-2. The van der Waals surface area contributed by atoms with Gasteiger partial charge in [-0.1, -0.05) is 229 Å². The van der Waals surface area contributed by atoms with Crippen molar-refractivity contribution in [2.45, 2.75) is 66.1 Å². The van der Waals surface area contributed by atoms with Gasteiger partial charge in [-0.3, -0.25) is 4.57 Å². The Morgan fingerprint density at radius 1 is 0.554 bits per heavy atom. The zero-order valence-electron chi connectivity index (χ0n) is 66.9. The third kappa shape index (κ3) is 9.88. The van der Waals surface area contributed by atoms with Crippen LogP contribution in [-0.2, 0) is 31.9 Å². The molecule has 0 fully saturated rings. The van der Waals surface area contributed by atoms with Crippen LogP contribution in [0.3, 0.4) is 0 Å². The first kappa shape index (κ1) is 35.3. The Kier molecular flexibility index (Phi) is 9.33. The molecule has 0 atom stereocenters. The molecule has 7 heteroatoms. The molecular weight excluding hydrogens is 1210 g/mol. The van der Waals surface area contributed by atoms with Crippen LogP contribution in [0.25, 0.3) is 72.3 Å². The fourth-order valence-electron chi connectivity index (χ4n) is 11.0. The Balaban J connectivity index is 0.0000102. The summed E-state index contributed by atoms with van der Waals surface area (Å²) in [6.45, 7) is 6.57. The summed E-state index contributed by atoms with van der Waals surface area (Å²) in [6.07, 6.45) is 5.27. The van der Waals surface area contributed by atoms with E-state index in [-0.39, 0.29) is 93.4 Å². The molecule has 13 aromatic rings. The minimum absolute atomic E-state index is 0.